The third-order valence-corrected chi connectivity index (χ3v) is 3.88. The maximum atomic E-state index is 12.8. The molecule has 0 unspecified atom stereocenters. The Morgan fingerprint density at radius 1 is 0.955 bits per heavy atom. The minimum atomic E-state index is -0.0678. The fourth-order valence-electron chi connectivity index (χ4n) is 2.63. The Hall–Kier alpha value is -2.68. The SMILES string of the molecule is CC1=NN(c2ccccc2)C(=O)C1=C(C)c1ccc(C)cc1. The van der Waals surface area contributed by atoms with Gasteiger partial charge < -0.3 is 0 Å². The summed E-state index contributed by atoms with van der Waals surface area (Å²) in [7, 11) is 0. The summed E-state index contributed by atoms with van der Waals surface area (Å²) in [4.78, 5) is 12.8. The van der Waals surface area contributed by atoms with E-state index < -0.39 is 0 Å². The number of benzene rings is 2. The predicted molar refractivity (Wildman–Crippen MR) is 90.8 cm³/mol. The maximum Gasteiger partial charge on any atom is 0.280 e. The monoisotopic (exact) mass is 290 g/mol. The largest absolute Gasteiger partial charge is 0.280 e. The van der Waals surface area contributed by atoms with Crippen molar-refractivity contribution >= 4 is 22.9 Å². The van der Waals surface area contributed by atoms with E-state index in [4.69, 9.17) is 0 Å². The van der Waals surface area contributed by atoms with Gasteiger partial charge >= 0.3 is 0 Å². The first-order valence-corrected chi connectivity index (χ1v) is 7.31. The first kappa shape index (κ1) is 14.3. The van der Waals surface area contributed by atoms with E-state index in [1.807, 2.05) is 56.3 Å². The molecule has 2 aromatic carbocycles. The van der Waals surface area contributed by atoms with E-state index in [9.17, 15) is 4.79 Å². The molecule has 0 N–H and O–H groups in total. The number of hydrogen-bond acceptors (Lipinski definition) is 2. The summed E-state index contributed by atoms with van der Waals surface area (Å²) in [6.07, 6.45) is 0. The predicted octanol–water partition coefficient (Wildman–Crippen LogP) is 4.19. The highest BCUT2D eigenvalue weighted by atomic mass is 16.2. The quantitative estimate of drug-likeness (QED) is 0.763. The number of amides is 1. The van der Waals surface area contributed by atoms with E-state index >= 15 is 0 Å². The number of aryl methyl sites for hydroxylation is 1. The van der Waals surface area contributed by atoms with Gasteiger partial charge in [-0.15, -0.1) is 0 Å². The lowest BCUT2D eigenvalue weighted by atomic mass is 9.98. The van der Waals surface area contributed by atoms with Gasteiger partial charge in [0.05, 0.1) is 17.0 Å². The van der Waals surface area contributed by atoms with Gasteiger partial charge in [0.15, 0.2) is 0 Å². The summed E-state index contributed by atoms with van der Waals surface area (Å²) in [6.45, 7) is 5.91. The summed E-state index contributed by atoms with van der Waals surface area (Å²) >= 11 is 0. The maximum absolute atomic E-state index is 12.8. The fourth-order valence-corrected chi connectivity index (χ4v) is 2.63. The van der Waals surface area contributed by atoms with Crippen molar-refractivity contribution in [2.24, 2.45) is 5.10 Å². The Balaban J connectivity index is 2.02. The van der Waals surface area contributed by atoms with Crippen molar-refractivity contribution < 1.29 is 4.79 Å². The number of rotatable bonds is 2. The molecular formula is C19H18N2O. The number of nitrogens with zero attached hydrogens (tertiary/aromatic N) is 2. The number of anilines is 1. The van der Waals surface area contributed by atoms with Crippen LogP contribution in [0.1, 0.15) is 25.0 Å². The number of carbonyl (C=O) groups excluding carboxylic acids is 1. The summed E-state index contributed by atoms with van der Waals surface area (Å²) in [5, 5.41) is 5.90. The van der Waals surface area contributed by atoms with E-state index in [0.717, 1.165) is 22.5 Å². The smallest absolute Gasteiger partial charge is 0.267 e. The second kappa shape index (κ2) is 5.60. The first-order valence-electron chi connectivity index (χ1n) is 7.31. The van der Waals surface area contributed by atoms with Crippen LogP contribution in [0.25, 0.3) is 5.57 Å². The standard InChI is InChI=1S/C19H18N2O/c1-13-9-11-16(12-10-13)14(2)18-15(3)20-21(19(18)22)17-7-5-4-6-8-17/h4-12H,1-3H3. The van der Waals surface area contributed by atoms with Gasteiger partial charge in [-0.25, -0.2) is 0 Å². The minimum Gasteiger partial charge on any atom is -0.267 e. The molecule has 2 aromatic rings. The molecule has 3 rings (SSSR count). The molecule has 0 fully saturated rings. The van der Waals surface area contributed by atoms with Crippen molar-refractivity contribution in [2.45, 2.75) is 20.8 Å². The van der Waals surface area contributed by atoms with Gasteiger partial charge in [-0.2, -0.15) is 10.1 Å². The van der Waals surface area contributed by atoms with Crippen molar-refractivity contribution in [3.05, 3.63) is 71.3 Å². The Morgan fingerprint density at radius 2 is 1.59 bits per heavy atom. The molecule has 110 valence electrons. The lowest BCUT2D eigenvalue weighted by Gasteiger charge is -2.12. The molecule has 1 heterocycles. The number of allylic oxidation sites excluding steroid dienone is 1. The van der Waals surface area contributed by atoms with Gasteiger partial charge in [0.2, 0.25) is 0 Å². The third-order valence-electron chi connectivity index (χ3n) is 3.88. The van der Waals surface area contributed by atoms with Gasteiger partial charge in [0.1, 0.15) is 0 Å². The molecule has 0 atom stereocenters. The molecule has 0 spiro atoms. The van der Waals surface area contributed by atoms with Gasteiger partial charge in [-0.1, -0.05) is 48.0 Å². The van der Waals surface area contributed by atoms with Gasteiger partial charge in [0.25, 0.3) is 5.91 Å². The van der Waals surface area contributed by atoms with Crippen molar-refractivity contribution in [3.63, 3.8) is 0 Å². The molecular weight excluding hydrogens is 272 g/mol. The van der Waals surface area contributed by atoms with E-state index in [-0.39, 0.29) is 5.91 Å². The molecule has 0 saturated carbocycles. The first-order chi connectivity index (χ1) is 10.6. The second-order valence-corrected chi connectivity index (χ2v) is 5.50. The molecule has 3 nitrogen and oxygen atoms in total. The van der Waals surface area contributed by atoms with Crippen LogP contribution in [0.3, 0.4) is 0 Å². The van der Waals surface area contributed by atoms with E-state index in [1.165, 1.54) is 10.6 Å². The third kappa shape index (κ3) is 2.46. The molecule has 0 aromatic heterocycles. The number of para-hydroxylation sites is 1. The summed E-state index contributed by atoms with van der Waals surface area (Å²) in [5.74, 6) is -0.0678. The highest BCUT2D eigenvalue weighted by Crippen LogP contribution is 2.28. The fraction of sp³-hybridized carbons (Fsp3) is 0.158. The van der Waals surface area contributed by atoms with Crippen LogP contribution in [-0.2, 0) is 4.79 Å². The number of carbonyl (C=O) groups is 1. The zero-order valence-electron chi connectivity index (χ0n) is 13.0. The summed E-state index contributed by atoms with van der Waals surface area (Å²) < 4.78 is 0. The van der Waals surface area contributed by atoms with Crippen LogP contribution < -0.4 is 5.01 Å². The topological polar surface area (TPSA) is 32.7 Å². The lowest BCUT2D eigenvalue weighted by molar-refractivity contribution is -0.114. The molecule has 22 heavy (non-hydrogen) atoms. The van der Waals surface area contributed by atoms with Crippen LogP contribution in [0.2, 0.25) is 0 Å². The molecule has 1 amide bonds. The summed E-state index contributed by atoms with van der Waals surface area (Å²) in [5.41, 5.74) is 5.46. The van der Waals surface area contributed by atoms with Crippen molar-refractivity contribution in [1.29, 1.82) is 0 Å². The van der Waals surface area contributed by atoms with E-state index in [1.54, 1.807) is 0 Å². The minimum absolute atomic E-state index is 0.0678. The highest BCUT2D eigenvalue weighted by molar-refractivity contribution is 6.33. The van der Waals surface area contributed by atoms with Crippen LogP contribution in [0.5, 0.6) is 0 Å². The molecule has 1 aliphatic rings. The Kier molecular flexibility index (Phi) is 3.63. The van der Waals surface area contributed by atoms with Crippen LogP contribution in [-0.4, -0.2) is 11.6 Å². The number of hydrogen-bond donors (Lipinski definition) is 0. The van der Waals surface area contributed by atoms with Crippen LogP contribution in [0, 0.1) is 6.92 Å². The van der Waals surface area contributed by atoms with Crippen molar-refractivity contribution in [1.82, 2.24) is 0 Å². The zero-order valence-corrected chi connectivity index (χ0v) is 13.0. The van der Waals surface area contributed by atoms with Crippen LogP contribution in [0.4, 0.5) is 5.69 Å². The normalized spacial score (nSPS) is 16.8. The Labute approximate surface area is 130 Å². The highest BCUT2D eigenvalue weighted by Gasteiger charge is 2.30. The molecule has 0 bridgehead atoms. The second-order valence-electron chi connectivity index (χ2n) is 5.50. The van der Waals surface area contributed by atoms with Crippen molar-refractivity contribution in [2.75, 3.05) is 5.01 Å². The molecule has 1 aliphatic heterocycles. The van der Waals surface area contributed by atoms with E-state index in [0.29, 0.717) is 5.57 Å². The van der Waals surface area contributed by atoms with E-state index in [2.05, 4.69) is 24.2 Å². The van der Waals surface area contributed by atoms with Gasteiger partial charge in [-0.05, 0) is 44.0 Å². The van der Waals surface area contributed by atoms with Crippen LogP contribution in [0.15, 0.2) is 65.3 Å². The molecule has 0 aliphatic carbocycles. The van der Waals surface area contributed by atoms with Gasteiger partial charge in [-0.3, -0.25) is 4.79 Å². The Bertz CT molecular complexity index is 771. The summed E-state index contributed by atoms with van der Waals surface area (Å²) in [6, 6.07) is 17.7. The Morgan fingerprint density at radius 3 is 2.23 bits per heavy atom. The average Bonchev–Trinajstić information content (AvgIpc) is 2.83. The average molecular weight is 290 g/mol. The molecule has 0 saturated heterocycles. The van der Waals surface area contributed by atoms with Crippen LogP contribution >= 0.6 is 0 Å². The van der Waals surface area contributed by atoms with Crippen molar-refractivity contribution in [3.8, 4) is 0 Å². The van der Waals surface area contributed by atoms with Gasteiger partial charge in [0, 0.05) is 0 Å². The molecule has 3 heteroatoms. The number of hydrazone groups is 1. The molecule has 0 radical (unpaired) electrons. The zero-order chi connectivity index (χ0) is 15.7. The lowest BCUT2D eigenvalue weighted by Crippen LogP contribution is -2.21.